The van der Waals surface area contributed by atoms with Crippen molar-refractivity contribution in [3.8, 4) is 0 Å². The lowest BCUT2D eigenvalue weighted by atomic mass is 10.4. The first-order valence-corrected chi connectivity index (χ1v) is 5.57. The van der Waals surface area contributed by atoms with Crippen LogP contribution in [0.4, 0.5) is 5.95 Å². The smallest absolute Gasteiger partial charge is 0.203 e. The van der Waals surface area contributed by atoms with E-state index in [9.17, 15) is 0 Å². The quantitative estimate of drug-likeness (QED) is 0.838. The topological polar surface area (TPSA) is 47.7 Å². The second-order valence-electron chi connectivity index (χ2n) is 4.24. The molecular weight excluding hydrogens is 202 g/mol. The summed E-state index contributed by atoms with van der Waals surface area (Å²) in [6.45, 7) is 0.811. The second-order valence-corrected chi connectivity index (χ2v) is 4.24. The van der Waals surface area contributed by atoms with Crippen molar-refractivity contribution in [2.75, 3.05) is 5.32 Å². The van der Waals surface area contributed by atoms with Gasteiger partial charge in [-0.15, -0.1) is 0 Å². The molecule has 84 valence electrons. The molecule has 0 amide bonds. The normalized spacial score (nSPS) is 15.3. The summed E-state index contributed by atoms with van der Waals surface area (Å²) < 4.78 is 4.01. The van der Waals surface area contributed by atoms with E-state index in [-0.39, 0.29) is 0 Å². The molecule has 1 aliphatic rings. The molecule has 5 nitrogen and oxygen atoms in total. The molecule has 1 aliphatic carbocycles. The van der Waals surface area contributed by atoms with Crippen LogP contribution in [0.25, 0.3) is 0 Å². The lowest BCUT2D eigenvalue weighted by Crippen LogP contribution is -2.11. The zero-order valence-corrected chi connectivity index (χ0v) is 9.30. The molecule has 1 saturated carbocycles. The van der Waals surface area contributed by atoms with E-state index in [4.69, 9.17) is 0 Å². The average Bonchev–Trinajstić information content (AvgIpc) is 2.84. The van der Waals surface area contributed by atoms with E-state index < -0.39 is 0 Å². The molecule has 3 rings (SSSR count). The largest absolute Gasteiger partial charge is 0.353 e. The van der Waals surface area contributed by atoms with Crippen LogP contribution in [-0.4, -0.2) is 25.4 Å². The minimum atomic E-state index is 0.632. The van der Waals surface area contributed by atoms with Crippen molar-refractivity contribution in [2.45, 2.75) is 25.4 Å². The fourth-order valence-electron chi connectivity index (χ4n) is 1.72. The molecule has 2 aromatic heterocycles. The third kappa shape index (κ3) is 1.80. The molecule has 0 bridgehead atoms. The van der Waals surface area contributed by atoms with E-state index >= 15 is 0 Å². The molecular formula is C11H15N5. The van der Waals surface area contributed by atoms with Crippen LogP contribution in [0.3, 0.4) is 0 Å². The number of hydrogen-bond donors (Lipinski definition) is 1. The molecule has 0 aliphatic heterocycles. The molecule has 1 fully saturated rings. The fourth-order valence-corrected chi connectivity index (χ4v) is 1.72. The van der Waals surface area contributed by atoms with E-state index in [1.807, 2.05) is 36.4 Å². The SMILES string of the molecule is Cn1nccc1Cn1ccnc1NC1CC1. The van der Waals surface area contributed by atoms with Crippen LogP contribution in [0.15, 0.2) is 24.7 Å². The van der Waals surface area contributed by atoms with Crippen molar-refractivity contribution >= 4 is 5.95 Å². The van der Waals surface area contributed by atoms with Gasteiger partial charge in [0.2, 0.25) is 5.95 Å². The first-order chi connectivity index (χ1) is 7.83. The predicted molar refractivity (Wildman–Crippen MR) is 61.2 cm³/mol. The fraction of sp³-hybridized carbons (Fsp3) is 0.455. The Morgan fingerprint density at radius 1 is 1.44 bits per heavy atom. The maximum Gasteiger partial charge on any atom is 0.203 e. The number of nitrogens with zero attached hydrogens (tertiary/aromatic N) is 4. The molecule has 0 aromatic carbocycles. The third-order valence-corrected chi connectivity index (χ3v) is 2.88. The van der Waals surface area contributed by atoms with Gasteiger partial charge in [-0.1, -0.05) is 0 Å². The van der Waals surface area contributed by atoms with Gasteiger partial charge in [-0.2, -0.15) is 5.10 Å². The highest BCUT2D eigenvalue weighted by Gasteiger charge is 2.22. The number of aryl methyl sites for hydroxylation is 1. The van der Waals surface area contributed by atoms with Gasteiger partial charge in [0.15, 0.2) is 0 Å². The zero-order valence-electron chi connectivity index (χ0n) is 9.30. The van der Waals surface area contributed by atoms with Gasteiger partial charge in [0.05, 0.1) is 12.2 Å². The van der Waals surface area contributed by atoms with Gasteiger partial charge in [0.1, 0.15) is 0 Å². The number of anilines is 1. The number of imidazole rings is 1. The molecule has 2 aromatic rings. The number of rotatable bonds is 4. The molecule has 0 radical (unpaired) electrons. The van der Waals surface area contributed by atoms with Gasteiger partial charge in [0, 0.05) is 31.7 Å². The Labute approximate surface area is 94.1 Å². The van der Waals surface area contributed by atoms with Crippen molar-refractivity contribution < 1.29 is 0 Å². The molecule has 16 heavy (non-hydrogen) atoms. The first kappa shape index (κ1) is 9.45. The van der Waals surface area contributed by atoms with Crippen molar-refractivity contribution in [1.82, 2.24) is 19.3 Å². The molecule has 0 saturated heterocycles. The zero-order chi connectivity index (χ0) is 11.0. The number of nitrogens with one attached hydrogen (secondary N) is 1. The molecule has 1 N–H and O–H groups in total. The Morgan fingerprint density at radius 3 is 3.00 bits per heavy atom. The minimum Gasteiger partial charge on any atom is -0.353 e. The summed E-state index contributed by atoms with van der Waals surface area (Å²) in [6, 6.07) is 2.66. The maximum absolute atomic E-state index is 4.33. The Morgan fingerprint density at radius 2 is 2.31 bits per heavy atom. The van der Waals surface area contributed by atoms with E-state index in [0.29, 0.717) is 6.04 Å². The summed E-state index contributed by atoms with van der Waals surface area (Å²) in [4.78, 5) is 4.33. The number of hydrogen-bond acceptors (Lipinski definition) is 3. The van der Waals surface area contributed by atoms with Gasteiger partial charge < -0.3 is 9.88 Å². The van der Waals surface area contributed by atoms with E-state index in [1.54, 1.807) is 0 Å². The lowest BCUT2D eigenvalue weighted by molar-refractivity contribution is 0.668. The standard InChI is InChI=1S/C11H15N5/c1-15-10(4-5-13-15)8-16-7-6-12-11(16)14-9-2-3-9/h4-7,9H,2-3,8H2,1H3,(H,12,14). The van der Waals surface area contributed by atoms with Gasteiger partial charge in [-0.25, -0.2) is 4.98 Å². The van der Waals surface area contributed by atoms with Crippen molar-refractivity contribution in [3.63, 3.8) is 0 Å². The molecule has 2 heterocycles. The first-order valence-electron chi connectivity index (χ1n) is 5.57. The monoisotopic (exact) mass is 217 g/mol. The van der Waals surface area contributed by atoms with Gasteiger partial charge >= 0.3 is 0 Å². The van der Waals surface area contributed by atoms with E-state index in [1.165, 1.54) is 18.5 Å². The predicted octanol–water partition coefficient (Wildman–Crippen LogP) is 1.24. The summed E-state index contributed by atoms with van der Waals surface area (Å²) in [5.41, 5.74) is 1.18. The highest BCUT2D eigenvalue weighted by atomic mass is 15.3. The van der Waals surface area contributed by atoms with Crippen LogP contribution in [0.2, 0.25) is 0 Å². The third-order valence-electron chi connectivity index (χ3n) is 2.88. The Balaban J connectivity index is 1.78. The summed E-state index contributed by atoms with van der Waals surface area (Å²) in [5, 5.41) is 7.58. The van der Waals surface area contributed by atoms with Gasteiger partial charge in [-0.05, 0) is 18.9 Å². The Kier molecular flexibility index (Phi) is 2.16. The molecule has 5 heteroatoms. The van der Waals surface area contributed by atoms with Crippen LogP contribution in [0.5, 0.6) is 0 Å². The summed E-state index contributed by atoms with van der Waals surface area (Å²) in [5.74, 6) is 0.962. The summed E-state index contributed by atoms with van der Waals surface area (Å²) in [7, 11) is 1.96. The second kappa shape index (κ2) is 3.66. The molecule has 0 spiro atoms. The lowest BCUT2D eigenvalue weighted by Gasteiger charge is -2.09. The molecule has 0 atom stereocenters. The van der Waals surface area contributed by atoms with Gasteiger partial charge in [0.25, 0.3) is 0 Å². The Hall–Kier alpha value is -1.78. The van der Waals surface area contributed by atoms with E-state index in [0.717, 1.165) is 12.5 Å². The summed E-state index contributed by atoms with van der Waals surface area (Å²) in [6.07, 6.45) is 8.18. The van der Waals surface area contributed by atoms with Crippen LogP contribution >= 0.6 is 0 Å². The van der Waals surface area contributed by atoms with Gasteiger partial charge in [-0.3, -0.25) is 4.68 Å². The van der Waals surface area contributed by atoms with Crippen LogP contribution in [-0.2, 0) is 13.6 Å². The maximum atomic E-state index is 4.33. The number of aromatic nitrogens is 4. The van der Waals surface area contributed by atoms with E-state index in [2.05, 4.69) is 20.0 Å². The molecule has 0 unspecified atom stereocenters. The Bertz CT molecular complexity index is 480. The highest BCUT2D eigenvalue weighted by molar-refractivity contribution is 5.30. The van der Waals surface area contributed by atoms with Crippen molar-refractivity contribution in [1.29, 1.82) is 0 Å². The van der Waals surface area contributed by atoms with Crippen molar-refractivity contribution in [2.24, 2.45) is 7.05 Å². The van der Waals surface area contributed by atoms with Crippen LogP contribution < -0.4 is 5.32 Å². The highest BCUT2D eigenvalue weighted by Crippen LogP contribution is 2.23. The summed E-state index contributed by atoms with van der Waals surface area (Å²) >= 11 is 0. The average molecular weight is 217 g/mol. The minimum absolute atomic E-state index is 0.632. The van der Waals surface area contributed by atoms with Crippen molar-refractivity contribution in [3.05, 3.63) is 30.4 Å². The van der Waals surface area contributed by atoms with Crippen LogP contribution in [0.1, 0.15) is 18.5 Å². The van der Waals surface area contributed by atoms with Crippen LogP contribution in [0, 0.1) is 0 Å².